The minimum Gasteiger partial charge on any atom is -0.479 e. The Bertz CT molecular complexity index is 1360. The third kappa shape index (κ3) is 5.55. The lowest BCUT2D eigenvalue weighted by molar-refractivity contribution is 0.0391. The van der Waals surface area contributed by atoms with Gasteiger partial charge in [-0.25, -0.2) is 14.6 Å². The van der Waals surface area contributed by atoms with E-state index in [1.54, 1.807) is 48.9 Å². The van der Waals surface area contributed by atoms with E-state index in [9.17, 15) is 19.6 Å². The Morgan fingerprint density at radius 2 is 1.97 bits per heavy atom. The van der Waals surface area contributed by atoms with E-state index in [4.69, 9.17) is 21.7 Å². The van der Waals surface area contributed by atoms with Crippen molar-refractivity contribution in [2.75, 3.05) is 6.61 Å². The van der Waals surface area contributed by atoms with Gasteiger partial charge in [0.1, 0.15) is 6.07 Å². The van der Waals surface area contributed by atoms with Gasteiger partial charge >= 0.3 is 11.7 Å². The first-order valence-corrected chi connectivity index (χ1v) is 11.7. The molecule has 0 N–H and O–H groups in total. The monoisotopic (exact) mass is 501 g/mol. The number of imidazole rings is 1. The summed E-state index contributed by atoms with van der Waals surface area (Å²) in [6, 6.07) is 10.3. The van der Waals surface area contributed by atoms with Crippen LogP contribution >= 0.6 is 24.0 Å². The van der Waals surface area contributed by atoms with Crippen LogP contribution in [0, 0.1) is 11.3 Å². The Kier molecular flexibility index (Phi) is 8.25. The van der Waals surface area contributed by atoms with Gasteiger partial charge in [0.2, 0.25) is 4.38 Å². The molecule has 2 heterocycles. The molecular weight excluding hydrogens is 478 g/mol. The van der Waals surface area contributed by atoms with Crippen molar-refractivity contribution in [1.82, 2.24) is 18.7 Å². The molecule has 12 heteroatoms. The molecule has 2 unspecified atom stereocenters. The van der Waals surface area contributed by atoms with Crippen molar-refractivity contribution in [2.45, 2.75) is 31.2 Å². The number of hydrogen-bond donors (Lipinski definition) is 0. The molecule has 0 radical (unpaired) electrons. The zero-order chi connectivity index (χ0) is 24.8. The quantitative estimate of drug-likeness (QED) is 0.337. The van der Waals surface area contributed by atoms with E-state index in [2.05, 4.69) is 4.98 Å². The lowest BCUT2D eigenvalue weighted by atomic mass is 10.2. The minimum atomic E-state index is -1.13. The molecule has 2 atom stereocenters. The van der Waals surface area contributed by atoms with E-state index in [0.717, 1.165) is 16.3 Å². The molecule has 0 spiro atoms. The van der Waals surface area contributed by atoms with Gasteiger partial charge in [-0.1, -0.05) is 30.0 Å². The molecule has 1 aromatic carbocycles. The summed E-state index contributed by atoms with van der Waals surface area (Å²) in [5.41, 5.74) is -0.219. The highest BCUT2D eigenvalue weighted by atomic mass is 32.2. The number of thioether (sulfide) groups is 1. The normalized spacial score (nSPS) is 12.6. The maximum atomic E-state index is 13.1. The largest absolute Gasteiger partial charge is 0.479 e. The summed E-state index contributed by atoms with van der Waals surface area (Å²) in [7, 11) is 3.19. The van der Waals surface area contributed by atoms with Crippen molar-refractivity contribution in [1.29, 1.82) is 5.26 Å². The van der Waals surface area contributed by atoms with E-state index < -0.39 is 28.6 Å². The molecule has 0 aliphatic heterocycles. The number of hydrogen-bond acceptors (Lipinski definition) is 9. The fourth-order valence-electron chi connectivity index (χ4n) is 3.35. The van der Waals surface area contributed by atoms with Gasteiger partial charge in [0.15, 0.2) is 17.3 Å². The van der Waals surface area contributed by atoms with Crippen LogP contribution in [0.1, 0.15) is 23.7 Å². The van der Waals surface area contributed by atoms with Gasteiger partial charge in [-0.15, -0.1) is 0 Å². The van der Waals surface area contributed by atoms with Crippen molar-refractivity contribution in [3.05, 3.63) is 63.1 Å². The number of thiocarbonyl (C=S) groups is 1. The lowest BCUT2D eigenvalue weighted by Crippen LogP contribution is -2.42. The molecule has 0 amide bonds. The van der Waals surface area contributed by atoms with Crippen molar-refractivity contribution < 1.29 is 14.3 Å². The smallest absolute Gasteiger partial charge is 0.339 e. The van der Waals surface area contributed by atoms with Gasteiger partial charge in [-0.3, -0.25) is 13.9 Å². The molecular formula is C22H23N5O5S2. The lowest BCUT2D eigenvalue weighted by Gasteiger charge is -2.21. The second-order valence-electron chi connectivity index (χ2n) is 7.33. The number of rotatable bonds is 8. The zero-order valence-corrected chi connectivity index (χ0v) is 20.5. The van der Waals surface area contributed by atoms with E-state index in [1.165, 1.54) is 17.9 Å². The molecule has 3 rings (SSSR count). The Morgan fingerprint density at radius 1 is 1.26 bits per heavy atom. The summed E-state index contributed by atoms with van der Waals surface area (Å²) in [6.07, 6.45) is 0.349. The maximum absolute atomic E-state index is 13.1. The maximum Gasteiger partial charge on any atom is 0.339 e. The standard InChI is InChI=1S/C22H23N5O5S2/c1-4-31-22(33)34-16(10-15(11-23)32-20(29)14-8-6-5-7-9-14)12-27-19(28)17-18(24-13-25(17)2)26(3)21(27)30/h5-9,13,15-16H,4,10,12H2,1-3H3. The number of aryl methyl sites for hydroxylation is 2. The molecule has 2 aromatic heterocycles. The van der Waals surface area contributed by atoms with Crippen LogP contribution in [-0.2, 0) is 30.1 Å². The summed E-state index contributed by atoms with van der Waals surface area (Å²) in [6.45, 7) is 2.04. The Balaban J connectivity index is 1.91. The second kappa shape index (κ2) is 11.1. The van der Waals surface area contributed by atoms with Crippen LogP contribution in [-0.4, -0.2) is 47.0 Å². The molecule has 0 fully saturated rings. The number of nitrogens with zero attached hydrogens (tertiary/aromatic N) is 5. The average Bonchev–Trinajstić information content (AvgIpc) is 3.22. The number of esters is 1. The highest BCUT2D eigenvalue weighted by molar-refractivity contribution is 8.23. The Labute approximate surface area is 204 Å². The van der Waals surface area contributed by atoms with E-state index >= 15 is 0 Å². The SMILES string of the molecule is CCOC(=S)SC(CC(C#N)OC(=O)c1ccccc1)Cn1c(=O)c2c(ncn2C)n(C)c1=O. The van der Waals surface area contributed by atoms with Crippen LogP contribution in [0.2, 0.25) is 0 Å². The van der Waals surface area contributed by atoms with Crippen LogP contribution in [0.5, 0.6) is 0 Å². The van der Waals surface area contributed by atoms with Crippen LogP contribution in [0.4, 0.5) is 0 Å². The van der Waals surface area contributed by atoms with Crippen molar-refractivity contribution in [3.63, 3.8) is 0 Å². The van der Waals surface area contributed by atoms with Crippen LogP contribution < -0.4 is 11.2 Å². The van der Waals surface area contributed by atoms with Crippen LogP contribution in [0.3, 0.4) is 0 Å². The van der Waals surface area contributed by atoms with E-state index in [1.807, 2.05) is 6.07 Å². The number of nitriles is 1. The second-order valence-corrected chi connectivity index (χ2v) is 9.24. The van der Waals surface area contributed by atoms with Gasteiger partial charge in [-0.2, -0.15) is 5.26 Å². The van der Waals surface area contributed by atoms with Gasteiger partial charge in [-0.05, 0) is 31.3 Å². The Hall–Kier alpha value is -3.43. The molecule has 0 saturated carbocycles. The van der Waals surface area contributed by atoms with Crippen molar-refractivity contribution in [2.24, 2.45) is 14.1 Å². The van der Waals surface area contributed by atoms with Gasteiger partial charge in [0.05, 0.1) is 18.5 Å². The van der Waals surface area contributed by atoms with Gasteiger partial charge < -0.3 is 14.0 Å². The zero-order valence-electron chi connectivity index (χ0n) is 18.8. The minimum absolute atomic E-state index is 0.0198. The number of fused-ring (bicyclic) bond motifs is 1. The molecule has 3 aromatic rings. The topological polar surface area (TPSA) is 121 Å². The van der Waals surface area contributed by atoms with Crippen molar-refractivity contribution >= 4 is 45.5 Å². The van der Waals surface area contributed by atoms with Gasteiger partial charge in [0.25, 0.3) is 5.56 Å². The first-order valence-electron chi connectivity index (χ1n) is 10.4. The molecule has 0 saturated heterocycles. The summed E-state index contributed by atoms with van der Waals surface area (Å²) >= 11 is 6.34. The molecule has 0 aliphatic rings. The molecule has 34 heavy (non-hydrogen) atoms. The number of ether oxygens (including phenoxy) is 2. The molecule has 178 valence electrons. The predicted molar refractivity (Wildman–Crippen MR) is 132 cm³/mol. The van der Waals surface area contributed by atoms with E-state index in [0.29, 0.717) is 12.2 Å². The fourth-order valence-corrected chi connectivity index (χ4v) is 4.82. The molecule has 0 bridgehead atoms. The first-order chi connectivity index (χ1) is 16.3. The number of benzene rings is 1. The summed E-state index contributed by atoms with van der Waals surface area (Å²) in [5.74, 6) is -0.646. The number of aromatic nitrogens is 4. The van der Waals surface area contributed by atoms with Crippen LogP contribution in [0.25, 0.3) is 11.2 Å². The summed E-state index contributed by atoms with van der Waals surface area (Å²) in [4.78, 5) is 42.6. The third-order valence-electron chi connectivity index (χ3n) is 4.99. The predicted octanol–water partition coefficient (Wildman–Crippen LogP) is 2.00. The van der Waals surface area contributed by atoms with E-state index in [-0.39, 0.29) is 28.5 Å². The number of carbonyl (C=O) groups excluding carboxylic acids is 1. The van der Waals surface area contributed by atoms with Crippen molar-refractivity contribution in [3.8, 4) is 6.07 Å². The highest BCUT2D eigenvalue weighted by Gasteiger charge is 2.25. The van der Waals surface area contributed by atoms with Gasteiger partial charge in [0, 0.05) is 32.3 Å². The third-order valence-corrected chi connectivity index (χ3v) is 6.38. The number of carbonyl (C=O) groups is 1. The fraction of sp³-hybridized carbons (Fsp3) is 0.364. The average molecular weight is 502 g/mol. The van der Waals surface area contributed by atoms with Crippen LogP contribution in [0.15, 0.2) is 46.2 Å². The first kappa shape index (κ1) is 25.2. The molecule has 10 nitrogen and oxygen atoms in total. The molecule has 0 aliphatic carbocycles. The highest BCUT2D eigenvalue weighted by Crippen LogP contribution is 2.22. The summed E-state index contributed by atoms with van der Waals surface area (Å²) < 4.78 is 14.8. The Morgan fingerprint density at radius 3 is 2.62 bits per heavy atom. The summed E-state index contributed by atoms with van der Waals surface area (Å²) in [5, 5.41) is 9.06.